The van der Waals surface area contributed by atoms with Crippen molar-refractivity contribution in [1.82, 2.24) is 9.78 Å². The molecule has 1 aromatic rings. The van der Waals surface area contributed by atoms with Crippen LogP contribution in [0.3, 0.4) is 0 Å². The maximum absolute atomic E-state index is 9.27. The largest absolute Gasteiger partial charge is 0.387 e. The normalized spacial score (nSPS) is 19.8. The Labute approximate surface area is 78.4 Å². The minimum atomic E-state index is -0.442. The topological polar surface area (TPSA) is 38.0 Å². The molecular weight excluding hydrogens is 164 g/mol. The SMILES string of the molecule is CC(O)c1ccn(CC2CCC2)n1. The van der Waals surface area contributed by atoms with Crippen molar-refractivity contribution in [3.63, 3.8) is 0 Å². The molecular formula is C10H16N2O. The lowest BCUT2D eigenvalue weighted by atomic mass is 9.85. The molecule has 1 aliphatic carbocycles. The summed E-state index contributed by atoms with van der Waals surface area (Å²) in [5, 5.41) is 13.6. The first kappa shape index (κ1) is 8.75. The van der Waals surface area contributed by atoms with Crippen molar-refractivity contribution in [3.05, 3.63) is 18.0 Å². The predicted octanol–water partition coefficient (Wildman–Crippen LogP) is 1.74. The molecule has 2 rings (SSSR count). The summed E-state index contributed by atoms with van der Waals surface area (Å²) in [6, 6.07) is 1.89. The van der Waals surface area contributed by atoms with Crippen LogP contribution in [0.1, 0.15) is 38.0 Å². The van der Waals surface area contributed by atoms with Crippen LogP contribution in [-0.2, 0) is 6.54 Å². The summed E-state index contributed by atoms with van der Waals surface area (Å²) < 4.78 is 1.95. The molecule has 1 aliphatic rings. The summed E-state index contributed by atoms with van der Waals surface area (Å²) in [5.74, 6) is 0.821. The lowest BCUT2D eigenvalue weighted by Gasteiger charge is -2.24. The van der Waals surface area contributed by atoms with Crippen LogP contribution in [0.15, 0.2) is 12.3 Å². The lowest BCUT2D eigenvalue weighted by molar-refractivity contribution is 0.191. The Balaban J connectivity index is 1.96. The van der Waals surface area contributed by atoms with Crippen molar-refractivity contribution in [2.45, 2.75) is 38.8 Å². The number of aromatic nitrogens is 2. The molecule has 0 spiro atoms. The van der Waals surface area contributed by atoms with E-state index in [0.29, 0.717) is 0 Å². The van der Waals surface area contributed by atoms with E-state index in [1.807, 2.05) is 16.9 Å². The standard InChI is InChI=1S/C10H16N2O/c1-8(13)10-5-6-12(11-10)7-9-3-2-4-9/h5-6,8-9,13H,2-4,7H2,1H3. The van der Waals surface area contributed by atoms with Gasteiger partial charge in [-0.25, -0.2) is 0 Å². The van der Waals surface area contributed by atoms with Crippen molar-refractivity contribution < 1.29 is 5.11 Å². The van der Waals surface area contributed by atoms with E-state index in [2.05, 4.69) is 5.10 Å². The van der Waals surface area contributed by atoms with Gasteiger partial charge in [0.1, 0.15) is 0 Å². The summed E-state index contributed by atoms with van der Waals surface area (Å²) in [4.78, 5) is 0. The van der Waals surface area contributed by atoms with Crippen molar-refractivity contribution in [1.29, 1.82) is 0 Å². The van der Waals surface area contributed by atoms with Gasteiger partial charge in [-0.3, -0.25) is 4.68 Å². The van der Waals surface area contributed by atoms with Crippen molar-refractivity contribution in [2.75, 3.05) is 0 Å². The smallest absolute Gasteiger partial charge is 0.0950 e. The number of hydrogen-bond acceptors (Lipinski definition) is 2. The maximum atomic E-state index is 9.27. The van der Waals surface area contributed by atoms with Gasteiger partial charge in [0.2, 0.25) is 0 Å². The van der Waals surface area contributed by atoms with Gasteiger partial charge in [0.25, 0.3) is 0 Å². The van der Waals surface area contributed by atoms with Crippen molar-refractivity contribution in [2.24, 2.45) is 5.92 Å². The molecule has 1 unspecified atom stereocenters. The number of aliphatic hydroxyl groups is 1. The maximum Gasteiger partial charge on any atom is 0.0950 e. The minimum Gasteiger partial charge on any atom is -0.387 e. The van der Waals surface area contributed by atoms with E-state index in [4.69, 9.17) is 0 Å². The van der Waals surface area contributed by atoms with E-state index in [-0.39, 0.29) is 0 Å². The van der Waals surface area contributed by atoms with Crippen LogP contribution < -0.4 is 0 Å². The third kappa shape index (κ3) is 1.91. The summed E-state index contributed by atoms with van der Waals surface area (Å²) in [6.07, 6.45) is 5.56. The number of nitrogens with zero attached hydrogens (tertiary/aromatic N) is 2. The second kappa shape index (κ2) is 3.50. The molecule has 0 radical (unpaired) electrons. The molecule has 1 N–H and O–H groups in total. The fourth-order valence-electron chi connectivity index (χ4n) is 1.64. The highest BCUT2D eigenvalue weighted by atomic mass is 16.3. The predicted molar refractivity (Wildman–Crippen MR) is 50.2 cm³/mol. The Morgan fingerprint density at radius 3 is 2.92 bits per heavy atom. The van der Waals surface area contributed by atoms with Crippen LogP contribution in [0.25, 0.3) is 0 Å². The zero-order valence-corrected chi connectivity index (χ0v) is 7.98. The molecule has 1 fully saturated rings. The Hall–Kier alpha value is -0.830. The summed E-state index contributed by atoms with van der Waals surface area (Å²) in [7, 11) is 0. The van der Waals surface area contributed by atoms with Gasteiger partial charge in [0.15, 0.2) is 0 Å². The Morgan fingerprint density at radius 2 is 2.46 bits per heavy atom. The van der Waals surface area contributed by atoms with Gasteiger partial charge in [-0.2, -0.15) is 5.10 Å². The van der Waals surface area contributed by atoms with Crippen LogP contribution in [0.2, 0.25) is 0 Å². The molecule has 0 aromatic carbocycles. The molecule has 0 bridgehead atoms. The van der Waals surface area contributed by atoms with E-state index >= 15 is 0 Å². The molecule has 1 saturated carbocycles. The average molecular weight is 180 g/mol. The average Bonchev–Trinajstić information content (AvgIpc) is 2.44. The van der Waals surface area contributed by atoms with Gasteiger partial charge >= 0.3 is 0 Å². The number of aliphatic hydroxyl groups excluding tert-OH is 1. The lowest BCUT2D eigenvalue weighted by Crippen LogP contribution is -2.18. The number of hydrogen-bond donors (Lipinski definition) is 1. The molecule has 3 nitrogen and oxygen atoms in total. The van der Waals surface area contributed by atoms with Crippen LogP contribution in [0.5, 0.6) is 0 Å². The fraction of sp³-hybridized carbons (Fsp3) is 0.700. The molecule has 1 atom stereocenters. The van der Waals surface area contributed by atoms with Gasteiger partial charge in [-0.1, -0.05) is 6.42 Å². The van der Waals surface area contributed by atoms with Gasteiger partial charge in [0, 0.05) is 12.7 Å². The Kier molecular flexibility index (Phi) is 2.36. The first-order valence-electron chi connectivity index (χ1n) is 4.97. The highest BCUT2D eigenvalue weighted by Crippen LogP contribution is 2.27. The van der Waals surface area contributed by atoms with Crippen LogP contribution in [0.4, 0.5) is 0 Å². The fourth-order valence-corrected chi connectivity index (χ4v) is 1.64. The van der Waals surface area contributed by atoms with Gasteiger partial charge in [-0.05, 0) is 31.7 Å². The third-order valence-corrected chi connectivity index (χ3v) is 2.76. The number of rotatable bonds is 3. The van der Waals surface area contributed by atoms with Gasteiger partial charge in [0.05, 0.1) is 11.8 Å². The van der Waals surface area contributed by atoms with Crippen molar-refractivity contribution >= 4 is 0 Å². The van der Waals surface area contributed by atoms with Crippen LogP contribution in [0, 0.1) is 5.92 Å². The monoisotopic (exact) mass is 180 g/mol. The highest BCUT2D eigenvalue weighted by molar-refractivity contribution is 5.01. The van der Waals surface area contributed by atoms with Gasteiger partial charge < -0.3 is 5.11 Å². The second-order valence-electron chi connectivity index (χ2n) is 3.94. The second-order valence-corrected chi connectivity index (χ2v) is 3.94. The molecule has 3 heteroatoms. The highest BCUT2D eigenvalue weighted by Gasteiger charge is 2.18. The van der Waals surface area contributed by atoms with E-state index in [0.717, 1.165) is 18.2 Å². The zero-order valence-electron chi connectivity index (χ0n) is 7.98. The van der Waals surface area contributed by atoms with Crippen LogP contribution >= 0.6 is 0 Å². The van der Waals surface area contributed by atoms with E-state index in [1.165, 1.54) is 19.3 Å². The molecule has 72 valence electrons. The molecule has 1 aromatic heterocycles. The first-order valence-corrected chi connectivity index (χ1v) is 4.97. The van der Waals surface area contributed by atoms with E-state index < -0.39 is 6.10 Å². The Bertz CT molecular complexity index is 276. The quantitative estimate of drug-likeness (QED) is 0.769. The first-order chi connectivity index (χ1) is 6.25. The summed E-state index contributed by atoms with van der Waals surface area (Å²) in [6.45, 7) is 2.77. The van der Waals surface area contributed by atoms with E-state index in [9.17, 15) is 5.11 Å². The minimum absolute atomic E-state index is 0.442. The Morgan fingerprint density at radius 1 is 1.69 bits per heavy atom. The molecule has 0 saturated heterocycles. The molecule has 0 amide bonds. The molecule has 1 heterocycles. The summed E-state index contributed by atoms with van der Waals surface area (Å²) >= 11 is 0. The van der Waals surface area contributed by atoms with Crippen molar-refractivity contribution in [3.8, 4) is 0 Å². The summed E-state index contributed by atoms with van der Waals surface area (Å²) in [5.41, 5.74) is 0.777. The third-order valence-electron chi connectivity index (χ3n) is 2.76. The van der Waals surface area contributed by atoms with E-state index in [1.54, 1.807) is 6.92 Å². The van der Waals surface area contributed by atoms with Gasteiger partial charge in [-0.15, -0.1) is 0 Å². The van der Waals surface area contributed by atoms with Crippen LogP contribution in [-0.4, -0.2) is 14.9 Å². The molecule has 0 aliphatic heterocycles. The molecule has 13 heavy (non-hydrogen) atoms. The zero-order chi connectivity index (χ0) is 9.26.